The van der Waals surface area contributed by atoms with Crippen molar-refractivity contribution in [2.45, 2.75) is 56.0 Å². The largest absolute Gasteiger partial charge is 0.350 e. The molecule has 1 N–H and O–H groups in total. The van der Waals surface area contributed by atoms with Crippen LogP contribution in [-0.2, 0) is 16.1 Å². The molecule has 1 saturated carbocycles. The predicted molar refractivity (Wildman–Crippen MR) is 110 cm³/mol. The minimum absolute atomic E-state index is 0.0145. The van der Waals surface area contributed by atoms with E-state index in [4.69, 9.17) is 23.2 Å². The van der Waals surface area contributed by atoms with E-state index in [1.807, 2.05) is 6.07 Å². The highest BCUT2D eigenvalue weighted by molar-refractivity contribution is 6.30. The van der Waals surface area contributed by atoms with Gasteiger partial charge in [-0.1, -0.05) is 11.6 Å². The number of hydrogen-bond donors (Lipinski definition) is 1. The lowest BCUT2D eigenvalue weighted by Gasteiger charge is -2.24. The first-order chi connectivity index (χ1) is 14.0. The van der Waals surface area contributed by atoms with E-state index in [1.54, 1.807) is 28.0 Å². The molecule has 2 fully saturated rings. The van der Waals surface area contributed by atoms with Crippen molar-refractivity contribution in [2.24, 2.45) is 0 Å². The first-order valence-electron chi connectivity index (χ1n) is 9.85. The molecule has 2 amide bonds. The number of benzene rings is 1. The second kappa shape index (κ2) is 8.32. The van der Waals surface area contributed by atoms with E-state index < -0.39 is 6.04 Å². The first-order valence-corrected chi connectivity index (χ1v) is 10.6. The highest BCUT2D eigenvalue weighted by Gasteiger charge is 2.41. The number of rotatable bonds is 7. The molecule has 154 valence electrons. The average molecular weight is 436 g/mol. The maximum absolute atomic E-state index is 12.8. The van der Waals surface area contributed by atoms with Crippen molar-refractivity contribution in [1.82, 2.24) is 25.0 Å². The highest BCUT2D eigenvalue weighted by Crippen LogP contribution is 2.46. The molecular formula is C20H23Cl2N5O2. The van der Waals surface area contributed by atoms with Crippen LogP contribution in [0.1, 0.15) is 44.1 Å². The van der Waals surface area contributed by atoms with Crippen LogP contribution < -0.4 is 5.32 Å². The highest BCUT2D eigenvalue weighted by atomic mass is 35.5. The van der Waals surface area contributed by atoms with E-state index in [0.29, 0.717) is 30.8 Å². The third-order valence-corrected chi connectivity index (χ3v) is 6.42. The van der Waals surface area contributed by atoms with Crippen molar-refractivity contribution in [2.75, 3.05) is 6.54 Å². The summed E-state index contributed by atoms with van der Waals surface area (Å²) in [5, 5.41) is 7.68. The SMILES string of the molecule is O=C(NCc1cc(Cl)ccc1-n1cncn1)C1CCCN1C(=O)CCC1(Cl)CC1. The molecule has 2 aromatic rings. The third-order valence-electron chi connectivity index (χ3n) is 5.62. The van der Waals surface area contributed by atoms with Crippen LogP contribution in [0.3, 0.4) is 0 Å². The molecule has 0 bridgehead atoms. The van der Waals surface area contributed by atoms with Crippen molar-refractivity contribution < 1.29 is 9.59 Å². The Bertz CT molecular complexity index is 898. The maximum Gasteiger partial charge on any atom is 0.243 e. The lowest BCUT2D eigenvalue weighted by atomic mass is 10.1. The van der Waals surface area contributed by atoms with Gasteiger partial charge >= 0.3 is 0 Å². The van der Waals surface area contributed by atoms with Crippen LogP contribution in [0.15, 0.2) is 30.9 Å². The van der Waals surface area contributed by atoms with Crippen LogP contribution in [0, 0.1) is 0 Å². The van der Waals surface area contributed by atoms with Crippen LogP contribution in [0.25, 0.3) is 5.69 Å². The first kappa shape index (κ1) is 20.2. The Morgan fingerprint density at radius 3 is 2.86 bits per heavy atom. The summed E-state index contributed by atoms with van der Waals surface area (Å²) in [6, 6.07) is 4.97. The molecule has 29 heavy (non-hydrogen) atoms. The van der Waals surface area contributed by atoms with E-state index in [0.717, 1.165) is 30.5 Å². The number of carbonyl (C=O) groups is 2. The van der Waals surface area contributed by atoms with Gasteiger partial charge in [0.1, 0.15) is 18.7 Å². The number of aromatic nitrogens is 3. The molecule has 1 unspecified atom stereocenters. The molecule has 4 rings (SSSR count). The zero-order valence-corrected chi connectivity index (χ0v) is 17.5. The molecule has 1 aromatic heterocycles. The summed E-state index contributed by atoms with van der Waals surface area (Å²) in [6.45, 7) is 0.908. The normalized spacial score (nSPS) is 19.9. The summed E-state index contributed by atoms with van der Waals surface area (Å²) in [6.07, 6.45) is 7.58. The summed E-state index contributed by atoms with van der Waals surface area (Å²) < 4.78 is 1.63. The van der Waals surface area contributed by atoms with Crippen molar-refractivity contribution in [3.63, 3.8) is 0 Å². The van der Waals surface area contributed by atoms with Crippen LogP contribution in [0.5, 0.6) is 0 Å². The number of halogens is 2. The number of nitrogens with one attached hydrogen (secondary N) is 1. The summed E-state index contributed by atoms with van der Waals surface area (Å²) in [5.41, 5.74) is 1.62. The Hall–Kier alpha value is -2.12. The molecule has 1 saturated heterocycles. The molecule has 2 aliphatic rings. The fourth-order valence-corrected chi connectivity index (χ4v) is 4.13. The monoisotopic (exact) mass is 435 g/mol. The third kappa shape index (κ3) is 4.73. The van der Waals surface area contributed by atoms with E-state index in [-0.39, 0.29) is 23.2 Å². The van der Waals surface area contributed by atoms with Crippen LogP contribution in [-0.4, -0.2) is 48.9 Å². The standard InChI is InChI=1S/C20H23Cl2N5O2/c21-15-3-4-16(27-13-23-12-25-27)14(10-15)11-24-19(29)17-2-1-9-26(17)18(28)5-6-20(22)7-8-20/h3-4,10,12-13,17H,1-2,5-9,11H2,(H,24,29). The second-order valence-corrected chi connectivity index (χ2v) is 8.97. The van der Waals surface area contributed by atoms with Gasteiger partial charge < -0.3 is 10.2 Å². The molecule has 1 aromatic carbocycles. The zero-order chi connectivity index (χ0) is 20.4. The van der Waals surface area contributed by atoms with E-state index >= 15 is 0 Å². The fourth-order valence-electron chi connectivity index (χ4n) is 3.75. The maximum atomic E-state index is 12.8. The second-order valence-electron chi connectivity index (χ2n) is 7.73. The van der Waals surface area contributed by atoms with Gasteiger partial charge in [0, 0.05) is 29.4 Å². The van der Waals surface area contributed by atoms with Gasteiger partial charge in [0.05, 0.1) is 5.69 Å². The summed E-state index contributed by atoms with van der Waals surface area (Å²) in [7, 11) is 0. The molecule has 1 aliphatic heterocycles. The van der Waals surface area contributed by atoms with E-state index in [9.17, 15) is 9.59 Å². The lowest BCUT2D eigenvalue weighted by Crippen LogP contribution is -2.45. The Morgan fingerprint density at radius 2 is 2.14 bits per heavy atom. The fraction of sp³-hybridized carbons (Fsp3) is 0.500. The molecule has 2 heterocycles. The quantitative estimate of drug-likeness (QED) is 0.677. The van der Waals surface area contributed by atoms with Crippen LogP contribution >= 0.6 is 23.2 Å². The molecule has 1 atom stereocenters. The van der Waals surface area contributed by atoms with E-state index in [2.05, 4.69) is 15.4 Å². The molecule has 7 nitrogen and oxygen atoms in total. The van der Waals surface area contributed by atoms with E-state index in [1.165, 1.54) is 6.33 Å². The number of nitrogens with zero attached hydrogens (tertiary/aromatic N) is 4. The van der Waals surface area contributed by atoms with Crippen molar-refractivity contribution in [3.8, 4) is 5.69 Å². The number of amides is 2. The number of likely N-dealkylation sites (tertiary alicyclic amines) is 1. The summed E-state index contributed by atoms with van der Waals surface area (Å²) in [4.78, 5) is 30.9. The topological polar surface area (TPSA) is 80.1 Å². The zero-order valence-electron chi connectivity index (χ0n) is 16.0. The summed E-state index contributed by atoms with van der Waals surface area (Å²) in [5.74, 6) is -0.131. The average Bonchev–Trinajstić information content (AvgIpc) is 3.12. The van der Waals surface area contributed by atoms with Gasteiger partial charge in [-0.3, -0.25) is 9.59 Å². The lowest BCUT2D eigenvalue weighted by molar-refractivity contribution is -0.138. The van der Waals surface area contributed by atoms with Crippen molar-refractivity contribution in [1.29, 1.82) is 0 Å². The molecule has 0 spiro atoms. The number of alkyl halides is 1. The predicted octanol–water partition coefficient (Wildman–Crippen LogP) is 3.08. The van der Waals surface area contributed by atoms with Crippen molar-refractivity contribution >= 4 is 35.0 Å². The van der Waals surface area contributed by atoms with Gasteiger partial charge in [-0.15, -0.1) is 11.6 Å². The minimum Gasteiger partial charge on any atom is -0.350 e. The summed E-state index contributed by atoms with van der Waals surface area (Å²) >= 11 is 12.4. The van der Waals surface area contributed by atoms with Crippen LogP contribution in [0.2, 0.25) is 5.02 Å². The van der Waals surface area contributed by atoms with Gasteiger partial charge in [-0.05, 0) is 55.9 Å². The van der Waals surface area contributed by atoms with Gasteiger partial charge in [0.2, 0.25) is 11.8 Å². The smallest absolute Gasteiger partial charge is 0.243 e. The Kier molecular flexibility index (Phi) is 5.79. The van der Waals surface area contributed by atoms with Gasteiger partial charge in [-0.25, -0.2) is 9.67 Å². The molecular weight excluding hydrogens is 413 g/mol. The molecule has 9 heteroatoms. The van der Waals surface area contributed by atoms with Gasteiger partial charge in [-0.2, -0.15) is 5.10 Å². The molecule has 1 aliphatic carbocycles. The van der Waals surface area contributed by atoms with Gasteiger partial charge in [0.15, 0.2) is 0 Å². The Balaban J connectivity index is 1.39. The van der Waals surface area contributed by atoms with Gasteiger partial charge in [0.25, 0.3) is 0 Å². The van der Waals surface area contributed by atoms with Crippen LogP contribution in [0.4, 0.5) is 0 Å². The minimum atomic E-state index is -0.429. The Morgan fingerprint density at radius 1 is 1.31 bits per heavy atom. The Labute approximate surface area is 179 Å². The number of carbonyl (C=O) groups excluding carboxylic acids is 2. The number of hydrogen-bond acceptors (Lipinski definition) is 4. The van der Waals surface area contributed by atoms with Crippen molar-refractivity contribution in [3.05, 3.63) is 41.4 Å². The molecule has 0 radical (unpaired) electrons.